The zero-order valence-electron chi connectivity index (χ0n) is 11.4. The Morgan fingerprint density at radius 3 is 2.65 bits per heavy atom. The molecule has 98 valence electrons. The van der Waals surface area contributed by atoms with Crippen LogP contribution in [0.4, 0.5) is 0 Å². The fraction of sp³-hybridized carbons (Fsp3) is 0.176. The molecular weight excluding hydrogens is 246 g/mol. The van der Waals surface area contributed by atoms with Gasteiger partial charge in [0.05, 0.1) is 11.4 Å². The van der Waals surface area contributed by atoms with E-state index < -0.39 is 0 Å². The molecule has 3 nitrogen and oxygen atoms in total. The fourth-order valence-electron chi connectivity index (χ4n) is 3.12. The van der Waals surface area contributed by atoms with Crippen LogP contribution in [0.5, 0.6) is 0 Å². The molecule has 4 rings (SSSR count). The van der Waals surface area contributed by atoms with Crippen LogP contribution in [0.1, 0.15) is 11.1 Å². The lowest BCUT2D eigenvalue weighted by molar-refractivity contribution is 0.778. The Bertz CT molecular complexity index is 772. The van der Waals surface area contributed by atoms with Crippen LogP contribution in [0.25, 0.3) is 22.5 Å². The van der Waals surface area contributed by atoms with Crippen LogP contribution in [-0.4, -0.2) is 14.8 Å². The largest absolute Gasteiger partial charge is 0.267 e. The summed E-state index contributed by atoms with van der Waals surface area (Å²) in [7, 11) is 2.02. The minimum absolute atomic E-state index is 1.05. The Balaban J connectivity index is 1.97. The second-order valence-electron chi connectivity index (χ2n) is 5.19. The number of fused-ring (bicyclic) bond motifs is 3. The molecule has 2 heterocycles. The Kier molecular flexibility index (Phi) is 2.46. The molecule has 0 spiro atoms. The topological polar surface area (TPSA) is 30.7 Å². The van der Waals surface area contributed by atoms with Crippen molar-refractivity contribution in [3.8, 4) is 22.5 Å². The third kappa shape index (κ3) is 1.59. The van der Waals surface area contributed by atoms with Gasteiger partial charge < -0.3 is 0 Å². The first-order valence-corrected chi connectivity index (χ1v) is 6.89. The summed E-state index contributed by atoms with van der Waals surface area (Å²) in [6.07, 6.45) is 5.82. The van der Waals surface area contributed by atoms with Gasteiger partial charge in [0, 0.05) is 36.1 Å². The van der Waals surface area contributed by atoms with Gasteiger partial charge >= 0.3 is 0 Å². The molecule has 0 saturated carbocycles. The lowest BCUT2D eigenvalue weighted by atomic mass is 9.88. The molecule has 3 heteroatoms. The van der Waals surface area contributed by atoms with Gasteiger partial charge in [0.25, 0.3) is 0 Å². The zero-order chi connectivity index (χ0) is 13.5. The first-order valence-electron chi connectivity index (χ1n) is 6.89. The highest BCUT2D eigenvalue weighted by Crippen LogP contribution is 2.37. The average Bonchev–Trinajstić information content (AvgIpc) is 2.84. The Hall–Kier alpha value is -2.42. The van der Waals surface area contributed by atoms with Crippen LogP contribution in [-0.2, 0) is 19.9 Å². The molecule has 0 bridgehead atoms. The van der Waals surface area contributed by atoms with Crippen LogP contribution in [0.2, 0.25) is 0 Å². The van der Waals surface area contributed by atoms with Gasteiger partial charge in [-0.3, -0.25) is 9.67 Å². The van der Waals surface area contributed by atoms with Crippen LogP contribution in [0.15, 0.2) is 48.8 Å². The monoisotopic (exact) mass is 261 g/mol. The summed E-state index contributed by atoms with van der Waals surface area (Å²) in [4.78, 5) is 4.10. The average molecular weight is 261 g/mol. The van der Waals surface area contributed by atoms with E-state index in [-0.39, 0.29) is 0 Å². The molecule has 0 saturated heterocycles. The predicted octanol–water partition coefficient (Wildman–Crippen LogP) is 3.25. The molecule has 0 amide bonds. The van der Waals surface area contributed by atoms with Crippen molar-refractivity contribution in [3.05, 3.63) is 59.9 Å². The van der Waals surface area contributed by atoms with E-state index in [4.69, 9.17) is 5.10 Å². The van der Waals surface area contributed by atoms with Crippen molar-refractivity contribution in [2.24, 2.45) is 7.05 Å². The molecule has 1 aliphatic rings. The van der Waals surface area contributed by atoms with Crippen LogP contribution in [0, 0.1) is 0 Å². The normalized spacial score (nSPS) is 12.8. The molecule has 0 N–H and O–H groups in total. The summed E-state index contributed by atoms with van der Waals surface area (Å²) in [5.74, 6) is 0. The third-order valence-corrected chi connectivity index (χ3v) is 4.02. The predicted molar refractivity (Wildman–Crippen MR) is 79.3 cm³/mol. The van der Waals surface area contributed by atoms with E-state index in [1.165, 1.54) is 27.9 Å². The molecule has 3 aromatic rings. The van der Waals surface area contributed by atoms with Crippen LogP contribution in [0.3, 0.4) is 0 Å². The van der Waals surface area contributed by atoms with Crippen molar-refractivity contribution in [3.63, 3.8) is 0 Å². The minimum atomic E-state index is 1.05. The molecule has 0 atom stereocenters. The number of aromatic nitrogens is 3. The molecule has 0 aliphatic heterocycles. The van der Waals surface area contributed by atoms with Crippen molar-refractivity contribution >= 4 is 0 Å². The van der Waals surface area contributed by atoms with Gasteiger partial charge in [-0.2, -0.15) is 5.10 Å². The summed E-state index contributed by atoms with van der Waals surface area (Å²) in [6.45, 7) is 0. The number of aryl methyl sites for hydroxylation is 2. The van der Waals surface area contributed by atoms with Crippen LogP contribution < -0.4 is 0 Å². The Morgan fingerprint density at radius 1 is 1.00 bits per heavy atom. The van der Waals surface area contributed by atoms with Gasteiger partial charge in [-0.1, -0.05) is 24.3 Å². The molecule has 1 aromatic carbocycles. The number of nitrogens with zero attached hydrogens (tertiary/aromatic N) is 3. The number of benzene rings is 1. The number of rotatable bonds is 1. The van der Waals surface area contributed by atoms with Crippen molar-refractivity contribution in [1.82, 2.24) is 14.8 Å². The maximum atomic E-state index is 4.77. The summed E-state index contributed by atoms with van der Waals surface area (Å²) < 4.78 is 2.00. The van der Waals surface area contributed by atoms with Crippen molar-refractivity contribution in [2.45, 2.75) is 12.8 Å². The maximum Gasteiger partial charge on any atom is 0.0964 e. The van der Waals surface area contributed by atoms with Crippen molar-refractivity contribution in [1.29, 1.82) is 0 Å². The maximum absolute atomic E-state index is 4.77. The second kappa shape index (κ2) is 4.30. The molecule has 2 aromatic heterocycles. The highest BCUT2D eigenvalue weighted by atomic mass is 15.3. The van der Waals surface area contributed by atoms with E-state index in [1.54, 1.807) is 0 Å². The van der Waals surface area contributed by atoms with Gasteiger partial charge in [0.1, 0.15) is 0 Å². The van der Waals surface area contributed by atoms with Gasteiger partial charge in [-0.25, -0.2) is 0 Å². The van der Waals surface area contributed by atoms with Gasteiger partial charge in [0.2, 0.25) is 0 Å². The molecule has 0 radical (unpaired) electrons. The summed E-state index contributed by atoms with van der Waals surface area (Å²) in [5.41, 5.74) is 7.59. The van der Waals surface area contributed by atoms with E-state index in [0.717, 1.165) is 18.5 Å². The highest BCUT2D eigenvalue weighted by molar-refractivity contribution is 5.77. The zero-order valence-corrected chi connectivity index (χ0v) is 11.4. The van der Waals surface area contributed by atoms with Gasteiger partial charge in [0.15, 0.2) is 0 Å². The Morgan fingerprint density at radius 2 is 1.80 bits per heavy atom. The Labute approximate surface area is 117 Å². The smallest absolute Gasteiger partial charge is 0.0964 e. The second-order valence-corrected chi connectivity index (χ2v) is 5.19. The van der Waals surface area contributed by atoms with Gasteiger partial charge in [-0.05, 0) is 30.5 Å². The lowest BCUT2D eigenvalue weighted by Crippen LogP contribution is -2.03. The van der Waals surface area contributed by atoms with Gasteiger partial charge in [-0.15, -0.1) is 0 Å². The summed E-state index contributed by atoms with van der Waals surface area (Å²) >= 11 is 0. The first kappa shape index (κ1) is 11.4. The minimum Gasteiger partial charge on any atom is -0.267 e. The standard InChI is InChI=1S/C17H15N3/c1-20-17(13-8-10-18-11-9-13)15-7-6-12-4-2-3-5-14(12)16(15)19-20/h2-5,8-11H,6-7H2,1H3. The molecule has 20 heavy (non-hydrogen) atoms. The van der Waals surface area contributed by atoms with Crippen molar-refractivity contribution < 1.29 is 0 Å². The molecular formula is C17H15N3. The van der Waals surface area contributed by atoms with E-state index in [2.05, 4.69) is 41.4 Å². The highest BCUT2D eigenvalue weighted by Gasteiger charge is 2.23. The quantitative estimate of drug-likeness (QED) is 0.673. The summed E-state index contributed by atoms with van der Waals surface area (Å²) in [6, 6.07) is 12.7. The molecule has 0 fully saturated rings. The van der Waals surface area contributed by atoms with E-state index >= 15 is 0 Å². The van der Waals surface area contributed by atoms with E-state index in [9.17, 15) is 0 Å². The number of hydrogen-bond donors (Lipinski definition) is 0. The fourth-order valence-corrected chi connectivity index (χ4v) is 3.12. The molecule has 1 aliphatic carbocycles. The van der Waals surface area contributed by atoms with E-state index in [0.29, 0.717) is 0 Å². The number of hydrogen-bond acceptors (Lipinski definition) is 2. The summed E-state index contributed by atoms with van der Waals surface area (Å²) in [5, 5.41) is 4.77. The number of pyridine rings is 1. The lowest BCUT2D eigenvalue weighted by Gasteiger charge is -2.15. The van der Waals surface area contributed by atoms with E-state index in [1.807, 2.05) is 24.1 Å². The van der Waals surface area contributed by atoms with Crippen LogP contribution >= 0.6 is 0 Å². The third-order valence-electron chi connectivity index (χ3n) is 4.02. The molecule has 0 unspecified atom stereocenters. The first-order chi connectivity index (χ1) is 9.84. The SMILES string of the molecule is Cn1nc2c(c1-c1ccncc1)CCc1ccccc1-2. The van der Waals surface area contributed by atoms with Crippen molar-refractivity contribution in [2.75, 3.05) is 0 Å².